The van der Waals surface area contributed by atoms with Gasteiger partial charge in [-0.2, -0.15) is 0 Å². The van der Waals surface area contributed by atoms with Crippen molar-refractivity contribution in [2.75, 3.05) is 0 Å². The molecule has 0 amide bonds. The molecule has 3 aromatic rings. The molecule has 0 fully saturated rings. The molecule has 0 bridgehead atoms. The fourth-order valence-corrected chi connectivity index (χ4v) is 2.50. The molecule has 24 heavy (non-hydrogen) atoms. The van der Waals surface area contributed by atoms with Crippen LogP contribution < -0.4 is 5.43 Å². The number of hydrogen-bond donors (Lipinski definition) is 4. The molecule has 4 N–H and O–H groups in total. The molecule has 0 saturated carbocycles. The first-order valence-corrected chi connectivity index (χ1v) is 7.00. The summed E-state index contributed by atoms with van der Waals surface area (Å²) in [5.41, 5.74) is -0.0590. The van der Waals surface area contributed by atoms with Crippen molar-refractivity contribution in [2.24, 2.45) is 0 Å². The average Bonchev–Trinajstić information content (AvgIpc) is 2.46. The smallest absolute Gasteiger partial charge is 0.205 e. The van der Waals surface area contributed by atoms with E-state index in [2.05, 4.69) is 6.58 Å². The maximum absolute atomic E-state index is 12.8. The number of phenols is 4. The van der Waals surface area contributed by atoms with E-state index < -0.39 is 16.9 Å². The van der Waals surface area contributed by atoms with Crippen molar-refractivity contribution < 1.29 is 24.8 Å². The molecule has 0 saturated heterocycles. The molecular weight excluding hydrogens is 312 g/mol. The van der Waals surface area contributed by atoms with Gasteiger partial charge >= 0.3 is 0 Å². The zero-order valence-electron chi connectivity index (χ0n) is 12.7. The van der Waals surface area contributed by atoms with Gasteiger partial charge in [0.1, 0.15) is 28.2 Å². The lowest BCUT2D eigenvalue weighted by Crippen LogP contribution is -2.04. The molecule has 1 aromatic heterocycles. The van der Waals surface area contributed by atoms with Crippen LogP contribution in [0.2, 0.25) is 0 Å². The lowest BCUT2D eigenvalue weighted by atomic mass is 10.0. The van der Waals surface area contributed by atoms with Crippen molar-refractivity contribution in [3.8, 4) is 23.0 Å². The number of benzene rings is 2. The van der Waals surface area contributed by atoms with E-state index in [1.54, 1.807) is 13.0 Å². The topological polar surface area (TPSA) is 111 Å². The maximum atomic E-state index is 12.8. The molecule has 1 heterocycles. The molecule has 2 aromatic carbocycles. The van der Waals surface area contributed by atoms with Gasteiger partial charge in [-0.25, -0.2) is 0 Å². The van der Waals surface area contributed by atoms with Gasteiger partial charge in [0.15, 0.2) is 11.3 Å². The highest BCUT2D eigenvalue weighted by molar-refractivity contribution is 6.00. The summed E-state index contributed by atoms with van der Waals surface area (Å²) in [7, 11) is 0. The molecule has 3 rings (SSSR count). The Hall–Kier alpha value is -3.41. The van der Waals surface area contributed by atoms with Crippen LogP contribution in [0.25, 0.3) is 28.0 Å². The van der Waals surface area contributed by atoms with E-state index in [-0.39, 0.29) is 39.0 Å². The van der Waals surface area contributed by atoms with Gasteiger partial charge < -0.3 is 24.8 Å². The summed E-state index contributed by atoms with van der Waals surface area (Å²) in [6.45, 7) is 5.45. The fraction of sp³-hybridized carbons (Fsp3) is 0.0556. The Kier molecular flexibility index (Phi) is 3.45. The number of rotatable bonds is 2. The van der Waals surface area contributed by atoms with Crippen LogP contribution >= 0.6 is 0 Å². The summed E-state index contributed by atoms with van der Waals surface area (Å²) < 4.78 is 5.48. The number of fused-ring (bicyclic) bond motifs is 2. The van der Waals surface area contributed by atoms with E-state index >= 15 is 0 Å². The third-order valence-electron chi connectivity index (χ3n) is 3.55. The van der Waals surface area contributed by atoms with Crippen molar-refractivity contribution >= 4 is 28.0 Å². The van der Waals surface area contributed by atoms with Crippen LogP contribution in [-0.4, -0.2) is 20.4 Å². The van der Waals surface area contributed by atoms with Crippen LogP contribution in [0.5, 0.6) is 23.0 Å². The van der Waals surface area contributed by atoms with E-state index in [0.29, 0.717) is 5.57 Å². The molecule has 0 radical (unpaired) electrons. The molecule has 0 spiro atoms. The minimum absolute atomic E-state index is 0.0826. The maximum Gasteiger partial charge on any atom is 0.205 e. The van der Waals surface area contributed by atoms with Crippen molar-refractivity contribution in [1.29, 1.82) is 0 Å². The Bertz CT molecular complexity index is 1090. The Balaban J connectivity index is 2.57. The highest BCUT2D eigenvalue weighted by Crippen LogP contribution is 2.37. The second-order valence-corrected chi connectivity index (χ2v) is 5.48. The van der Waals surface area contributed by atoms with Gasteiger partial charge in [0, 0.05) is 23.8 Å². The van der Waals surface area contributed by atoms with Gasteiger partial charge in [0.25, 0.3) is 0 Å². The fourth-order valence-electron chi connectivity index (χ4n) is 2.50. The Morgan fingerprint density at radius 3 is 2.42 bits per heavy atom. The highest BCUT2D eigenvalue weighted by Gasteiger charge is 2.19. The summed E-state index contributed by atoms with van der Waals surface area (Å²) >= 11 is 0. The SMILES string of the molecule is C=C(C)C=Cc1c(O)cc(O)c2oc3cc(O)cc(O)c3c(=O)c12. The number of hydrogen-bond acceptors (Lipinski definition) is 6. The third kappa shape index (κ3) is 2.34. The standard InChI is InChI=1S/C18H14O6/c1-8(2)3-4-10-11(20)7-13(22)18-15(10)17(23)16-12(21)5-9(19)6-14(16)24-18/h3-7,19-22H,1H2,2H3. The van der Waals surface area contributed by atoms with Gasteiger partial charge in [-0.15, -0.1) is 0 Å². The normalized spacial score (nSPS) is 11.5. The molecule has 0 aliphatic carbocycles. The van der Waals surface area contributed by atoms with E-state index in [1.807, 2.05) is 0 Å². The number of allylic oxidation sites excluding steroid dienone is 2. The van der Waals surface area contributed by atoms with Crippen LogP contribution in [0.1, 0.15) is 12.5 Å². The zero-order valence-corrected chi connectivity index (χ0v) is 12.7. The van der Waals surface area contributed by atoms with Crippen molar-refractivity contribution in [1.82, 2.24) is 0 Å². The third-order valence-corrected chi connectivity index (χ3v) is 3.55. The van der Waals surface area contributed by atoms with Crippen molar-refractivity contribution in [3.63, 3.8) is 0 Å². The van der Waals surface area contributed by atoms with Crippen LogP contribution in [0, 0.1) is 0 Å². The molecule has 0 unspecified atom stereocenters. The summed E-state index contributed by atoms with van der Waals surface area (Å²) in [4.78, 5) is 12.8. The van der Waals surface area contributed by atoms with Crippen LogP contribution in [0.15, 0.2) is 45.6 Å². The van der Waals surface area contributed by atoms with E-state index in [1.165, 1.54) is 6.08 Å². The molecule has 0 aliphatic rings. The van der Waals surface area contributed by atoms with Crippen molar-refractivity contribution in [3.05, 3.63) is 52.2 Å². The van der Waals surface area contributed by atoms with Gasteiger partial charge in [0.2, 0.25) is 5.43 Å². The van der Waals surface area contributed by atoms with Crippen molar-refractivity contribution in [2.45, 2.75) is 6.92 Å². The summed E-state index contributed by atoms with van der Waals surface area (Å²) in [5.74, 6) is -1.50. The van der Waals surface area contributed by atoms with E-state index in [4.69, 9.17) is 4.42 Å². The van der Waals surface area contributed by atoms with Crippen LogP contribution in [-0.2, 0) is 0 Å². The monoisotopic (exact) mass is 326 g/mol. The second-order valence-electron chi connectivity index (χ2n) is 5.48. The minimum atomic E-state index is -0.642. The first-order chi connectivity index (χ1) is 11.3. The first kappa shape index (κ1) is 15.5. The van der Waals surface area contributed by atoms with Crippen LogP contribution in [0.4, 0.5) is 0 Å². The summed E-state index contributed by atoms with van der Waals surface area (Å²) in [5, 5.41) is 39.4. The lowest BCUT2D eigenvalue weighted by molar-refractivity contribution is 0.443. The summed E-state index contributed by atoms with van der Waals surface area (Å²) in [6, 6.07) is 3.22. The molecule has 0 atom stereocenters. The van der Waals surface area contributed by atoms with E-state index in [9.17, 15) is 25.2 Å². The summed E-state index contributed by atoms with van der Waals surface area (Å²) in [6.07, 6.45) is 3.06. The average molecular weight is 326 g/mol. The largest absolute Gasteiger partial charge is 0.508 e. The van der Waals surface area contributed by atoms with Gasteiger partial charge in [-0.3, -0.25) is 4.79 Å². The van der Waals surface area contributed by atoms with E-state index in [0.717, 1.165) is 18.2 Å². The van der Waals surface area contributed by atoms with Gasteiger partial charge in [-0.05, 0) is 6.92 Å². The highest BCUT2D eigenvalue weighted by atomic mass is 16.4. The van der Waals surface area contributed by atoms with Gasteiger partial charge in [0.05, 0.1) is 5.39 Å². The number of phenolic OH excluding ortho intramolecular Hbond substituents is 4. The molecule has 122 valence electrons. The molecule has 6 nitrogen and oxygen atoms in total. The zero-order chi connectivity index (χ0) is 17.6. The predicted octanol–water partition coefficient (Wildman–Crippen LogP) is 3.36. The minimum Gasteiger partial charge on any atom is -0.508 e. The molecule has 0 aliphatic heterocycles. The quantitative estimate of drug-likeness (QED) is 0.424. The molecular formula is C18H14O6. The Morgan fingerprint density at radius 1 is 1.04 bits per heavy atom. The molecule has 6 heteroatoms. The lowest BCUT2D eigenvalue weighted by Gasteiger charge is -2.09. The number of aromatic hydroxyl groups is 4. The first-order valence-electron chi connectivity index (χ1n) is 7.00. The van der Waals surface area contributed by atoms with Gasteiger partial charge in [-0.1, -0.05) is 24.3 Å². The predicted molar refractivity (Wildman–Crippen MR) is 90.5 cm³/mol. The Labute approximate surface area is 135 Å². The van der Waals surface area contributed by atoms with Crippen LogP contribution in [0.3, 0.4) is 0 Å². The Morgan fingerprint density at radius 2 is 1.75 bits per heavy atom. The second kappa shape index (κ2) is 5.34.